The fourth-order valence-electron chi connectivity index (χ4n) is 5.71. The molecule has 244 valence electrons. The maximum Gasteiger partial charge on any atom is 0.341 e. The molecule has 1 aliphatic rings. The molecule has 2 amide bonds. The Labute approximate surface area is 289 Å². The van der Waals surface area contributed by atoms with Crippen molar-refractivity contribution in [1.82, 2.24) is 4.90 Å². The maximum atomic E-state index is 14.2. The Morgan fingerprint density at radius 3 is 2.35 bits per heavy atom. The smallest absolute Gasteiger partial charge is 0.341 e. The van der Waals surface area contributed by atoms with Crippen molar-refractivity contribution in [1.29, 1.82) is 0 Å². The van der Waals surface area contributed by atoms with Crippen LogP contribution in [0.15, 0.2) is 114 Å². The number of amides is 2. The number of fused-ring (bicyclic) bond motifs is 1. The van der Waals surface area contributed by atoms with E-state index in [-0.39, 0.29) is 18.4 Å². The molecular weight excluding hydrogens is 639 g/mol. The van der Waals surface area contributed by atoms with Crippen LogP contribution in [-0.4, -0.2) is 35.8 Å². The van der Waals surface area contributed by atoms with Gasteiger partial charge in [-0.05, 0) is 67.3 Å². The second-order valence-corrected chi connectivity index (χ2v) is 13.9. The molecular formula is C39H37N3O4S2. The number of esters is 1. The number of carbonyl (C=O) groups is 3. The van der Waals surface area contributed by atoms with Crippen LogP contribution in [0.25, 0.3) is 0 Å². The molecule has 0 saturated heterocycles. The Hall–Kier alpha value is -4.70. The average Bonchev–Trinajstić information content (AvgIpc) is 3.45. The Morgan fingerprint density at radius 2 is 1.62 bits per heavy atom. The number of carbonyl (C=O) groups excluding carboxylic acids is 3. The topological polar surface area (TPSA) is 87.7 Å². The quantitative estimate of drug-likeness (QED) is 0.108. The van der Waals surface area contributed by atoms with Crippen LogP contribution < -0.4 is 10.6 Å². The predicted molar refractivity (Wildman–Crippen MR) is 194 cm³/mol. The van der Waals surface area contributed by atoms with Crippen LogP contribution in [0.5, 0.6) is 0 Å². The van der Waals surface area contributed by atoms with Crippen molar-refractivity contribution in [3.8, 4) is 0 Å². The summed E-state index contributed by atoms with van der Waals surface area (Å²) < 4.78 is 5.48. The highest BCUT2D eigenvalue weighted by molar-refractivity contribution is 8.00. The summed E-state index contributed by atoms with van der Waals surface area (Å²) in [6.45, 7) is 6.32. The number of nitrogens with zero attached hydrogens (tertiary/aromatic N) is 1. The van der Waals surface area contributed by atoms with Gasteiger partial charge in [0.2, 0.25) is 5.91 Å². The zero-order chi connectivity index (χ0) is 33.5. The molecule has 4 aromatic carbocycles. The van der Waals surface area contributed by atoms with E-state index in [0.717, 1.165) is 39.6 Å². The number of ether oxygens (including phenoxy) is 1. The SMILES string of the molecule is CCOC(=O)c1c(NC(=O)C(Sc2cccc(NC(=O)c3ccc(C)cc3)c2)c2ccccc2)sc2c1CCN(Cc1ccccc1)C2. The van der Waals surface area contributed by atoms with Gasteiger partial charge in [0.25, 0.3) is 5.91 Å². The lowest BCUT2D eigenvalue weighted by Gasteiger charge is -2.27. The van der Waals surface area contributed by atoms with Crippen LogP contribution in [0.2, 0.25) is 0 Å². The molecule has 0 fully saturated rings. The minimum absolute atomic E-state index is 0.204. The van der Waals surface area contributed by atoms with Crippen molar-refractivity contribution in [2.75, 3.05) is 23.8 Å². The third kappa shape index (κ3) is 8.05. The van der Waals surface area contributed by atoms with Gasteiger partial charge in [-0.1, -0.05) is 84.4 Å². The Bertz CT molecular complexity index is 1890. The van der Waals surface area contributed by atoms with Gasteiger partial charge in [0.1, 0.15) is 10.3 Å². The number of thioether (sulfide) groups is 1. The first-order valence-electron chi connectivity index (χ1n) is 16.0. The molecule has 1 atom stereocenters. The van der Waals surface area contributed by atoms with E-state index in [0.29, 0.717) is 34.8 Å². The van der Waals surface area contributed by atoms with Crippen molar-refractivity contribution in [3.05, 3.63) is 147 Å². The molecule has 0 bridgehead atoms. The van der Waals surface area contributed by atoms with Gasteiger partial charge >= 0.3 is 5.97 Å². The summed E-state index contributed by atoms with van der Waals surface area (Å²) in [5.74, 6) is -0.863. The van der Waals surface area contributed by atoms with E-state index in [4.69, 9.17) is 4.74 Å². The van der Waals surface area contributed by atoms with E-state index in [9.17, 15) is 14.4 Å². The van der Waals surface area contributed by atoms with Gasteiger partial charge in [0.05, 0.1) is 12.2 Å². The van der Waals surface area contributed by atoms with E-state index in [1.54, 1.807) is 19.1 Å². The van der Waals surface area contributed by atoms with Crippen LogP contribution in [0.1, 0.15) is 60.0 Å². The normalized spacial score (nSPS) is 13.3. The zero-order valence-corrected chi connectivity index (χ0v) is 28.5. The minimum Gasteiger partial charge on any atom is -0.462 e. The van der Waals surface area contributed by atoms with E-state index in [1.807, 2.05) is 91.9 Å². The lowest BCUT2D eigenvalue weighted by molar-refractivity contribution is -0.115. The molecule has 7 nitrogen and oxygen atoms in total. The van der Waals surface area contributed by atoms with Crippen LogP contribution in [0, 0.1) is 6.92 Å². The number of hydrogen-bond acceptors (Lipinski definition) is 7. The van der Waals surface area contributed by atoms with Crippen LogP contribution in [0.3, 0.4) is 0 Å². The highest BCUT2D eigenvalue weighted by Gasteiger charge is 2.31. The van der Waals surface area contributed by atoms with Crippen LogP contribution in [0.4, 0.5) is 10.7 Å². The highest BCUT2D eigenvalue weighted by atomic mass is 32.2. The average molecular weight is 676 g/mol. The van der Waals surface area contributed by atoms with Gasteiger partial charge < -0.3 is 15.4 Å². The van der Waals surface area contributed by atoms with Crippen molar-refractivity contribution >= 4 is 51.6 Å². The molecule has 1 aliphatic heterocycles. The van der Waals surface area contributed by atoms with Gasteiger partial charge in [-0.3, -0.25) is 14.5 Å². The van der Waals surface area contributed by atoms with Gasteiger partial charge in [-0.2, -0.15) is 0 Å². The molecule has 1 aromatic heterocycles. The molecule has 9 heteroatoms. The van der Waals surface area contributed by atoms with Crippen molar-refractivity contribution < 1.29 is 19.1 Å². The monoisotopic (exact) mass is 675 g/mol. The molecule has 48 heavy (non-hydrogen) atoms. The van der Waals surface area contributed by atoms with E-state index < -0.39 is 11.2 Å². The van der Waals surface area contributed by atoms with E-state index in [2.05, 4.69) is 27.7 Å². The number of thiophene rings is 1. The number of benzene rings is 4. The van der Waals surface area contributed by atoms with Crippen molar-refractivity contribution in [2.24, 2.45) is 0 Å². The van der Waals surface area contributed by atoms with Gasteiger partial charge in [-0.15, -0.1) is 23.1 Å². The fraction of sp³-hybridized carbons (Fsp3) is 0.205. The third-order valence-electron chi connectivity index (χ3n) is 8.10. The summed E-state index contributed by atoms with van der Waals surface area (Å²) in [6, 6.07) is 34.8. The van der Waals surface area contributed by atoms with E-state index in [1.165, 1.54) is 28.7 Å². The zero-order valence-electron chi connectivity index (χ0n) is 26.9. The van der Waals surface area contributed by atoms with Crippen molar-refractivity contribution in [2.45, 2.75) is 43.5 Å². The summed E-state index contributed by atoms with van der Waals surface area (Å²) in [7, 11) is 0. The summed E-state index contributed by atoms with van der Waals surface area (Å²) in [5, 5.41) is 6.00. The summed E-state index contributed by atoms with van der Waals surface area (Å²) in [4.78, 5) is 44.6. The minimum atomic E-state index is -0.627. The largest absolute Gasteiger partial charge is 0.462 e. The number of aryl methyl sites for hydroxylation is 1. The van der Waals surface area contributed by atoms with E-state index >= 15 is 0 Å². The number of anilines is 2. The molecule has 0 aliphatic carbocycles. The predicted octanol–water partition coefficient (Wildman–Crippen LogP) is 8.52. The first-order valence-corrected chi connectivity index (χ1v) is 17.7. The van der Waals surface area contributed by atoms with Gasteiger partial charge in [0, 0.05) is 40.7 Å². The fourth-order valence-corrected chi connectivity index (χ4v) is 8.07. The second-order valence-electron chi connectivity index (χ2n) is 11.6. The molecule has 5 aromatic rings. The standard InChI is InChI=1S/C39H37N3O4S2/c1-3-46-39(45)34-32-21-22-42(24-27-11-6-4-7-12-27)25-33(32)48-38(34)41-37(44)35(28-13-8-5-9-14-28)47-31-16-10-15-30(23-31)40-36(43)29-19-17-26(2)18-20-29/h4-20,23,35H,3,21-22,24-25H2,1-2H3,(H,40,43)(H,41,44). The third-order valence-corrected chi connectivity index (χ3v) is 10.5. The summed E-state index contributed by atoms with van der Waals surface area (Å²) in [6.07, 6.45) is 0.695. The Kier molecular flexibility index (Phi) is 10.7. The lowest BCUT2D eigenvalue weighted by atomic mass is 10.0. The van der Waals surface area contributed by atoms with Crippen LogP contribution in [-0.2, 0) is 29.0 Å². The maximum absolute atomic E-state index is 14.2. The second kappa shape index (κ2) is 15.5. The molecule has 2 heterocycles. The van der Waals surface area contributed by atoms with Gasteiger partial charge in [0.15, 0.2) is 0 Å². The molecule has 1 unspecified atom stereocenters. The van der Waals surface area contributed by atoms with Crippen LogP contribution >= 0.6 is 23.1 Å². The molecule has 0 saturated carbocycles. The first kappa shape index (κ1) is 33.2. The summed E-state index contributed by atoms with van der Waals surface area (Å²) >= 11 is 2.84. The highest BCUT2D eigenvalue weighted by Crippen LogP contribution is 2.41. The Morgan fingerprint density at radius 1 is 0.896 bits per heavy atom. The molecule has 6 rings (SSSR count). The van der Waals surface area contributed by atoms with Crippen molar-refractivity contribution in [3.63, 3.8) is 0 Å². The number of nitrogens with one attached hydrogen (secondary N) is 2. The number of rotatable bonds is 11. The number of hydrogen-bond donors (Lipinski definition) is 2. The molecule has 2 N–H and O–H groups in total. The summed E-state index contributed by atoms with van der Waals surface area (Å²) in [5.41, 5.74) is 5.76. The Balaban J connectivity index is 1.24. The molecule has 0 radical (unpaired) electrons. The van der Waals surface area contributed by atoms with Gasteiger partial charge in [-0.25, -0.2) is 4.79 Å². The molecule has 0 spiro atoms. The first-order chi connectivity index (χ1) is 23.4. The lowest BCUT2D eigenvalue weighted by Crippen LogP contribution is -2.30.